The standard InChI is InChI=1S/C24H25ClN4O3S/c1-4-29(5-2)11-10-27-23-22(33-24(30)28-23)14-16-6-9-20(21(13-16)31-3)32-19-8-7-17(15-26)12-18(19)25/h6-9,12-14H,4-5,10-11H2,1-3H3,(H,27,28,30). The van der Waals surface area contributed by atoms with E-state index in [4.69, 9.17) is 26.3 Å². The Morgan fingerprint density at radius 3 is 2.61 bits per heavy atom. The summed E-state index contributed by atoms with van der Waals surface area (Å²) in [6.07, 6.45) is 1.89. The van der Waals surface area contributed by atoms with Gasteiger partial charge in [0, 0.05) is 13.1 Å². The van der Waals surface area contributed by atoms with Gasteiger partial charge in [0.1, 0.15) is 11.6 Å². The summed E-state index contributed by atoms with van der Waals surface area (Å²) in [6, 6.07) is 12.3. The van der Waals surface area contributed by atoms with Crippen LogP contribution < -0.4 is 14.8 Å². The number of nitrogens with zero attached hydrogens (tertiary/aromatic N) is 3. The summed E-state index contributed by atoms with van der Waals surface area (Å²) < 4.78 is 11.4. The topological polar surface area (TPSA) is 87.0 Å². The predicted molar refractivity (Wildman–Crippen MR) is 133 cm³/mol. The normalized spacial score (nSPS) is 14.4. The molecule has 0 saturated heterocycles. The number of nitriles is 1. The van der Waals surface area contributed by atoms with Crippen molar-refractivity contribution in [3.63, 3.8) is 0 Å². The van der Waals surface area contributed by atoms with E-state index in [1.807, 2.05) is 24.3 Å². The number of carbonyl (C=O) groups excluding carboxylic acids is 1. The van der Waals surface area contributed by atoms with Gasteiger partial charge >= 0.3 is 5.24 Å². The van der Waals surface area contributed by atoms with E-state index in [9.17, 15) is 4.79 Å². The molecule has 0 radical (unpaired) electrons. The molecule has 7 nitrogen and oxygen atoms in total. The Kier molecular flexibility index (Phi) is 8.78. The zero-order valence-electron chi connectivity index (χ0n) is 18.7. The number of aliphatic imine (C=N–C) groups is 1. The minimum absolute atomic E-state index is 0.242. The number of nitrogens with one attached hydrogen (secondary N) is 1. The lowest BCUT2D eigenvalue weighted by atomic mass is 10.1. The Bertz CT molecular complexity index is 1120. The molecule has 1 amide bonds. The van der Waals surface area contributed by atoms with Crippen molar-refractivity contribution < 1.29 is 14.3 Å². The second-order valence-electron chi connectivity index (χ2n) is 7.06. The molecule has 0 atom stereocenters. The largest absolute Gasteiger partial charge is 0.493 e. The molecular formula is C24H25ClN4O3S. The van der Waals surface area contributed by atoms with E-state index in [0.29, 0.717) is 40.2 Å². The summed E-state index contributed by atoms with van der Waals surface area (Å²) in [7, 11) is 1.55. The van der Waals surface area contributed by atoms with Crippen LogP contribution in [-0.4, -0.2) is 49.3 Å². The minimum atomic E-state index is -0.242. The lowest BCUT2D eigenvalue weighted by molar-refractivity contribution is 0.268. The number of hydrogen-bond donors (Lipinski definition) is 1. The van der Waals surface area contributed by atoms with Crippen LogP contribution in [0.15, 0.2) is 46.3 Å². The van der Waals surface area contributed by atoms with Crippen molar-refractivity contribution in [3.05, 3.63) is 57.5 Å². The second-order valence-corrected chi connectivity index (χ2v) is 8.46. The van der Waals surface area contributed by atoms with Crippen LogP contribution in [0.25, 0.3) is 6.08 Å². The number of rotatable bonds is 9. The fourth-order valence-corrected chi connectivity index (χ4v) is 4.14. The number of carbonyl (C=O) groups is 1. The van der Waals surface area contributed by atoms with E-state index in [2.05, 4.69) is 29.1 Å². The summed E-state index contributed by atoms with van der Waals surface area (Å²) in [6.45, 7) is 7.77. The molecule has 2 aromatic rings. The minimum Gasteiger partial charge on any atom is -0.493 e. The van der Waals surface area contributed by atoms with Gasteiger partial charge in [-0.05, 0) is 66.8 Å². The number of benzene rings is 2. The number of ether oxygens (including phenoxy) is 2. The molecule has 0 spiro atoms. The van der Waals surface area contributed by atoms with Crippen molar-refractivity contribution in [1.82, 2.24) is 10.2 Å². The van der Waals surface area contributed by atoms with Crippen molar-refractivity contribution in [2.45, 2.75) is 13.8 Å². The number of halogens is 1. The zero-order chi connectivity index (χ0) is 23.8. The lowest BCUT2D eigenvalue weighted by Crippen LogP contribution is -2.34. The molecule has 0 aliphatic carbocycles. The van der Waals surface area contributed by atoms with Crippen molar-refractivity contribution in [2.75, 3.05) is 33.3 Å². The number of amides is 1. The summed E-state index contributed by atoms with van der Waals surface area (Å²) in [4.78, 5) is 19.1. The molecule has 1 N–H and O–H groups in total. The van der Waals surface area contributed by atoms with Crippen molar-refractivity contribution in [3.8, 4) is 23.3 Å². The van der Waals surface area contributed by atoms with Crippen molar-refractivity contribution in [1.29, 1.82) is 5.26 Å². The highest BCUT2D eigenvalue weighted by molar-refractivity contribution is 8.18. The highest BCUT2D eigenvalue weighted by atomic mass is 35.5. The van der Waals surface area contributed by atoms with Crippen LogP contribution in [0, 0.1) is 11.3 Å². The molecule has 1 aliphatic heterocycles. The van der Waals surface area contributed by atoms with E-state index in [-0.39, 0.29) is 5.24 Å². The van der Waals surface area contributed by atoms with Gasteiger partial charge in [0.2, 0.25) is 0 Å². The number of thioether (sulfide) groups is 1. The molecule has 1 aliphatic rings. The fraction of sp³-hybridized carbons (Fsp3) is 0.292. The van der Waals surface area contributed by atoms with Gasteiger partial charge < -0.3 is 19.7 Å². The molecule has 0 unspecified atom stereocenters. The summed E-state index contributed by atoms with van der Waals surface area (Å²) in [5, 5.41) is 12.4. The maximum atomic E-state index is 11.9. The fourth-order valence-electron chi connectivity index (χ4n) is 3.19. The van der Waals surface area contributed by atoms with Crippen LogP contribution in [0.1, 0.15) is 25.0 Å². The molecule has 9 heteroatoms. The first-order valence-electron chi connectivity index (χ1n) is 10.5. The highest BCUT2D eigenvalue weighted by Gasteiger charge is 2.21. The van der Waals surface area contributed by atoms with E-state index >= 15 is 0 Å². The first kappa shape index (κ1) is 24.6. The van der Waals surface area contributed by atoms with Gasteiger partial charge in [-0.2, -0.15) is 10.3 Å². The Hall–Kier alpha value is -2.99. The van der Waals surface area contributed by atoms with E-state index in [1.165, 1.54) is 0 Å². The van der Waals surface area contributed by atoms with Crippen LogP contribution in [0.4, 0.5) is 4.79 Å². The monoisotopic (exact) mass is 484 g/mol. The quantitative estimate of drug-likeness (QED) is 0.499. The number of hydrogen-bond acceptors (Lipinski definition) is 7. The maximum Gasteiger partial charge on any atom is 0.311 e. The SMILES string of the molecule is CCN(CC)CCNC1=NC(=O)SC1=Cc1ccc(Oc2ccc(C#N)cc2Cl)c(OC)c1. The molecular weight excluding hydrogens is 460 g/mol. The summed E-state index contributed by atoms with van der Waals surface area (Å²) in [5.74, 6) is 1.99. The van der Waals surface area contributed by atoms with Gasteiger partial charge in [-0.3, -0.25) is 4.79 Å². The van der Waals surface area contributed by atoms with Crippen LogP contribution in [-0.2, 0) is 0 Å². The third-order valence-electron chi connectivity index (χ3n) is 5.01. The number of methoxy groups -OCH3 is 1. The van der Waals surface area contributed by atoms with E-state index < -0.39 is 0 Å². The number of likely N-dealkylation sites (N-methyl/N-ethyl adjacent to an activating group) is 1. The Morgan fingerprint density at radius 2 is 1.94 bits per heavy atom. The highest BCUT2D eigenvalue weighted by Crippen LogP contribution is 2.37. The Balaban J connectivity index is 1.76. The van der Waals surface area contributed by atoms with Gasteiger partial charge in [-0.15, -0.1) is 0 Å². The Labute approximate surface area is 203 Å². The van der Waals surface area contributed by atoms with Crippen molar-refractivity contribution in [2.24, 2.45) is 4.99 Å². The molecule has 0 aromatic heterocycles. The van der Waals surface area contributed by atoms with Crippen molar-refractivity contribution >= 4 is 40.5 Å². The van der Waals surface area contributed by atoms with Crippen LogP contribution >= 0.6 is 23.4 Å². The molecule has 0 bridgehead atoms. The van der Waals surface area contributed by atoms with Crippen LogP contribution in [0.5, 0.6) is 17.2 Å². The molecule has 3 rings (SSSR count). The van der Waals surface area contributed by atoms with E-state index in [1.54, 1.807) is 31.4 Å². The first-order valence-corrected chi connectivity index (χ1v) is 11.7. The van der Waals surface area contributed by atoms with Crippen LogP contribution in [0.3, 0.4) is 0 Å². The average molecular weight is 485 g/mol. The van der Waals surface area contributed by atoms with Crippen LogP contribution in [0.2, 0.25) is 5.02 Å². The molecule has 0 fully saturated rings. The third kappa shape index (κ3) is 6.51. The van der Waals surface area contributed by atoms with Gasteiger partial charge in [-0.1, -0.05) is 31.5 Å². The zero-order valence-corrected chi connectivity index (χ0v) is 20.3. The summed E-state index contributed by atoms with van der Waals surface area (Å²) in [5.41, 5.74) is 1.29. The van der Waals surface area contributed by atoms with Gasteiger partial charge in [-0.25, -0.2) is 0 Å². The molecule has 2 aromatic carbocycles. The Morgan fingerprint density at radius 1 is 1.18 bits per heavy atom. The van der Waals surface area contributed by atoms with Gasteiger partial charge in [0.25, 0.3) is 0 Å². The molecule has 172 valence electrons. The average Bonchev–Trinajstić information content (AvgIpc) is 3.17. The van der Waals surface area contributed by atoms with Gasteiger partial charge in [0.05, 0.1) is 28.7 Å². The molecule has 0 saturated carbocycles. The second kappa shape index (κ2) is 11.8. The maximum absolute atomic E-state index is 11.9. The number of amidine groups is 1. The first-order chi connectivity index (χ1) is 16.0. The predicted octanol–water partition coefficient (Wildman–Crippen LogP) is 5.55. The summed E-state index contributed by atoms with van der Waals surface area (Å²) >= 11 is 7.31. The molecule has 33 heavy (non-hydrogen) atoms. The smallest absolute Gasteiger partial charge is 0.311 e. The third-order valence-corrected chi connectivity index (χ3v) is 6.11. The molecule has 1 heterocycles. The van der Waals surface area contributed by atoms with Gasteiger partial charge in [0.15, 0.2) is 11.5 Å². The van der Waals surface area contributed by atoms with E-state index in [0.717, 1.165) is 41.9 Å². The lowest BCUT2D eigenvalue weighted by Gasteiger charge is -2.18.